The molecule has 138 valence electrons. The van der Waals surface area contributed by atoms with Gasteiger partial charge >= 0.3 is 0 Å². The van der Waals surface area contributed by atoms with Crippen LogP contribution in [-0.2, 0) is 0 Å². The van der Waals surface area contributed by atoms with Crippen LogP contribution in [0.2, 0.25) is 0 Å². The van der Waals surface area contributed by atoms with E-state index in [1.807, 2.05) is 33.1 Å². The van der Waals surface area contributed by atoms with Gasteiger partial charge in [0.2, 0.25) is 0 Å². The molecule has 8 heteroatoms. The number of anilines is 2. The van der Waals surface area contributed by atoms with Crippen LogP contribution >= 0.6 is 0 Å². The molecule has 0 aromatic heterocycles. The number of nitro benzene ring substituents is 1. The van der Waals surface area contributed by atoms with Gasteiger partial charge in [-0.05, 0) is 60.2 Å². The van der Waals surface area contributed by atoms with Gasteiger partial charge in [-0.25, -0.2) is 0 Å². The Morgan fingerprint density at radius 2 is 1.64 bits per heavy atom. The maximum atomic E-state index is 11.3. The molecule has 0 aliphatic carbocycles. The Bertz CT molecular complexity index is 610. The van der Waals surface area contributed by atoms with Crippen LogP contribution in [0, 0.1) is 21.4 Å². The van der Waals surface area contributed by atoms with Gasteiger partial charge in [-0.2, -0.15) is 5.26 Å². The van der Waals surface area contributed by atoms with Crippen LogP contribution < -0.4 is 10.6 Å². The first kappa shape index (κ1) is 20.7. The van der Waals surface area contributed by atoms with Crippen molar-refractivity contribution in [3.8, 4) is 6.07 Å². The maximum absolute atomic E-state index is 11.3. The molecule has 0 fully saturated rings. The molecule has 0 heterocycles. The molecule has 0 saturated heterocycles. The fraction of sp³-hybridized carbons (Fsp3) is 0.588. The lowest BCUT2D eigenvalue weighted by molar-refractivity contribution is -0.384. The number of nitrogens with zero attached hydrogens (tertiary/aromatic N) is 4. The van der Waals surface area contributed by atoms with Gasteiger partial charge in [0.05, 0.1) is 10.6 Å². The average Bonchev–Trinajstić information content (AvgIpc) is 2.54. The highest BCUT2D eigenvalue weighted by Crippen LogP contribution is 2.33. The zero-order valence-corrected chi connectivity index (χ0v) is 15.5. The third kappa shape index (κ3) is 6.95. The monoisotopic (exact) mass is 348 g/mol. The highest BCUT2D eigenvalue weighted by atomic mass is 16.6. The predicted octanol–water partition coefficient (Wildman–Crippen LogP) is 2.19. The summed E-state index contributed by atoms with van der Waals surface area (Å²) in [5, 5.41) is 27.1. The Labute approximate surface area is 149 Å². The number of rotatable bonds is 11. The van der Waals surface area contributed by atoms with Crippen molar-refractivity contribution in [2.24, 2.45) is 0 Å². The minimum atomic E-state index is -0.453. The standard InChI is InChI=1S/C17H28N6O2/c1-21(2)11-5-9-19-15-7-8-16(23(24)25)17(14(15)13-18)20-10-6-12-22(3)4/h7-8,19-20H,5-6,9-12H2,1-4H3. The van der Waals surface area contributed by atoms with E-state index in [-0.39, 0.29) is 5.69 Å². The van der Waals surface area contributed by atoms with Crippen LogP contribution in [0.15, 0.2) is 12.1 Å². The molecule has 1 rings (SSSR count). The second kappa shape index (κ2) is 10.5. The molecule has 1 aromatic rings. The lowest BCUT2D eigenvalue weighted by Crippen LogP contribution is -2.18. The van der Waals surface area contributed by atoms with E-state index in [1.165, 1.54) is 6.07 Å². The smallest absolute Gasteiger partial charge is 0.293 e. The van der Waals surface area contributed by atoms with E-state index >= 15 is 0 Å². The summed E-state index contributed by atoms with van der Waals surface area (Å²) in [6, 6.07) is 5.16. The average molecular weight is 348 g/mol. The highest BCUT2D eigenvalue weighted by Gasteiger charge is 2.20. The van der Waals surface area contributed by atoms with E-state index in [9.17, 15) is 15.4 Å². The largest absolute Gasteiger partial charge is 0.384 e. The zero-order chi connectivity index (χ0) is 18.8. The highest BCUT2D eigenvalue weighted by molar-refractivity contribution is 5.79. The topological polar surface area (TPSA) is 97.5 Å². The van der Waals surface area contributed by atoms with E-state index in [4.69, 9.17) is 0 Å². The summed E-state index contributed by atoms with van der Waals surface area (Å²) in [5.41, 5.74) is 1.15. The molecule has 2 N–H and O–H groups in total. The zero-order valence-electron chi connectivity index (χ0n) is 15.5. The van der Waals surface area contributed by atoms with Crippen molar-refractivity contribution in [2.45, 2.75) is 12.8 Å². The van der Waals surface area contributed by atoms with Crippen LogP contribution in [0.5, 0.6) is 0 Å². The Hall–Kier alpha value is -2.37. The molecule has 0 bridgehead atoms. The molecule has 0 saturated carbocycles. The van der Waals surface area contributed by atoms with Gasteiger partial charge in [-0.15, -0.1) is 0 Å². The molecule has 0 aliphatic heterocycles. The number of hydrogen-bond acceptors (Lipinski definition) is 7. The molecule has 0 aliphatic rings. The Balaban J connectivity index is 2.91. The SMILES string of the molecule is CN(C)CCCNc1ccc([N+](=O)[O-])c(NCCCN(C)C)c1C#N. The summed E-state index contributed by atoms with van der Waals surface area (Å²) in [6.45, 7) is 3.06. The summed E-state index contributed by atoms with van der Waals surface area (Å²) < 4.78 is 0. The molecule has 0 spiro atoms. The van der Waals surface area contributed by atoms with E-state index < -0.39 is 4.92 Å². The minimum Gasteiger partial charge on any atom is -0.384 e. The molecule has 0 atom stereocenters. The van der Waals surface area contributed by atoms with Crippen molar-refractivity contribution in [3.63, 3.8) is 0 Å². The molecule has 0 amide bonds. The van der Waals surface area contributed by atoms with Crippen molar-refractivity contribution in [3.05, 3.63) is 27.8 Å². The summed E-state index contributed by atoms with van der Waals surface area (Å²) in [4.78, 5) is 15.0. The van der Waals surface area contributed by atoms with Gasteiger partial charge in [0.1, 0.15) is 17.3 Å². The third-order valence-electron chi connectivity index (χ3n) is 3.67. The van der Waals surface area contributed by atoms with Gasteiger partial charge in [0.15, 0.2) is 0 Å². The maximum Gasteiger partial charge on any atom is 0.293 e. The van der Waals surface area contributed by atoms with Crippen LogP contribution in [-0.4, -0.2) is 69.1 Å². The van der Waals surface area contributed by atoms with Gasteiger partial charge in [0.25, 0.3) is 5.69 Å². The Morgan fingerprint density at radius 1 is 1.08 bits per heavy atom. The van der Waals surface area contributed by atoms with E-state index in [1.54, 1.807) is 6.07 Å². The fourth-order valence-electron chi connectivity index (χ4n) is 2.41. The van der Waals surface area contributed by atoms with Gasteiger partial charge < -0.3 is 20.4 Å². The number of nitriles is 1. The molecule has 0 radical (unpaired) electrons. The second-order valence-electron chi connectivity index (χ2n) is 6.42. The van der Waals surface area contributed by atoms with Crippen molar-refractivity contribution >= 4 is 17.1 Å². The molecule has 1 aromatic carbocycles. The van der Waals surface area contributed by atoms with Crippen LogP contribution in [0.3, 0.4) is 0 Å². The number of hydrogen-bond donors (Lipinski definition) is 2. The molecular weight excluding hydrogens is 320 g/mol. The molecule has 0 unspecified atom stereocenters. The van der Waals surface area contributed by atoms with Gasteiger partial charge in [-0.3, -0.25) is 10.1 Å². The molecular formula is C17H28N6O2. The van der Waals surface area contributed by atoms with Crippen LogP contribution in [0.25, 0.3) is 0 Å². The number of nitrogens with one attached hydrogen (secondary N) is 2. The van der Waals surface area contributed by atoms with E-state index in [0.717, 1.165) is 25.9 Å². The first-order valence-corrected chi connectivity index (χ1v) is 8.35. The van der Waals surface area contributed by atoms with Gasteiger partial charge in [-0.1, -0.05) is 0 Å². The van der Waals surface area contributed by atoms with Crippen molar-refractivity contribution in [1.82, 2.24) is 9.80 Å². The lowest BCUT2D eigenvalue weighted by Gasteiger charge is -2.15. The first-order valence-electron chi connectivity index (χ1n) is 8.35. The fourth-order valence-corrected chi connectivity index (χ4v) is 2.41. The van der Waals surface area contributed by atoms with E-state index in [0.29, 0.717) is 30.0 Å². The summed E-state index contributed by atoms with van der Waals surface area (Å²) >= 11 is 0. The van der Waals surface area contributed by atoms with Crippen molar-refractivity contribution in [1.29, 1.82) is 5.26 Å². The van der Waals surface area contributed by atoms with Gasteiger partial charge in [0, 0.05) is 19.2 Å². The molecule has 25 heavy (non-hydrogen) atoms. The van der Waals surface area contributed by atoms with Crippen LogP contribution in [0.4, 0.5) is 17.1 Å². The minimum absolute atomic E-state index is 0.0692. The van der Waals surface area contributed by atoms with Crippen molar-refractivity contribution in [2.75, 3.05) is 65.0 Å². The predicted molar refractivity (Wildman–Crippen MR) is 101 cm³/mol. The molecule has 8 nitrogen and oxygen atoms in total. The summed E-state index contributed by atoms with van der Waals surface area (Å²) in [5.74, 6) is 0. The van der Waals surface area contributed by atoms with E-state index in [2.05, 4.69) is 21.6 Å². The second-order valence-corrected chi connectivity index (χ2v) is 6.42. The number of benzene rings is 1. The lowest BCUT2D eigenvalue weighted by atomic mass is 10.1. The summed E-state index contributed by atoms with van der Waals surface area (Å²) in [7, 11) is 7.95. The van der Waals surface area contributed by atoms with Crippen LogP contribution in [0.1, 0.15) is 18.4 Å². The first-order chi connectivity index (χ1) is 11.9. The Kier molecular flexibility index (Phi) is 8.67. The Morgan fingerprint density at radius 3 is 2.12 bits per heavy atom. The third-order valence-corrected chi connectivity index (χ3v) is 3.67. The summed E-state index contributed by atoms with van der Waals surface area (Å²) in [6.07, 6.45) is 1.75. The number of nitro groups is 1. The van der Waals surface area contributed by atoms with Crippen molar-refractivity contribution < 1.29 is 4.92 Å². The normalized spacial score (nSPS) is 10.8. The quantitative estimate of drug-likeness (QED) is 0.359.